The predicted octanol–water partition coefficient (Wildman–Crippen LogP) is 2.08. The molecule has 1 heterocycles. The molecule has 1 rings (SSSR count). The highest BCUT2D eigenvalue weighted by molar-refractivity contribution is 5.77. The van der Waals surface area contributed by atoms with Crippen LogP contribution < -0.4 is 5.73 Å². The average molecular weight is 228 g/mol. The number of amidine groups is 1. The number of hydrogen-bond acceptors (Lipinski definition) is 3. The van der Waals surface area contributed by atoms with Gasteiger partial charge in [0.05, 0.1) is 18.5 Å². The normalized spacial score (nSPS) is 24.9. The molecule has 1 unspecified atom stereocenters. The summed E-state index contributed by atoms with van der Waals surface area (Å²) in [5, 5.41) is 0. The number of unbranched alkanes of at least 4 members (excludes halogenated alkanes) is 2. The van der Waals surface area contributed by atoms with Crippen molar-refractivity contribution in [2.24, 2.45) is 10.7 Å². The SMILES string of the molecule is CC(N)=NCCCCCC1COC(C)(C)O1. The second-order valence-electron chi connectivity index (χ2n) is 4.82. The first kappa shape index (κ1) is 13.5. The minimum atomic E-state index is -0.383. The Bertz CT molecular complexity index is 235. The molecule has 94 valence electrons. The van der Waals surface area contributed by atoms with Crippen molar-refractivity contribution in [3.63, 3.8) is 0 Å². The smallest absolute Gasteiger partial charge is 0.163 e. The molecule has 1 aliphatic heterocycles. The van der Waals surface area contributed by atoms with E-state index in [1.165, 1.54) is 12.8 Å². The minimum absolute atomic E-state index is 0.273. The van der Waals surface area contributed by atoms with E-state index in [1.54, 1.807) is 0 Å². The molecule has 0 aromatic carbocycles. The highest BCUT2D eigenvalue weighted by atomic mass is 16.7. The molecule has 2 N–H and O–H groups in total. The first-order chi connectivity index (χ1) is 7.49. The van der Waals surface area contributed by atoms with Gasteiger partial charge in [0.2, 0.25) is 0 Å². The van der Waals surface area contributed by atoms with Gasteiger partial charge in [-0.15, -0.1) is 0 Å². The molecule has 1 atom stereocenters. The van der Waals surface area contributed by atoms with Gasteiger partial charge in [-0.2, -0.15) is 0 Å². The third-order valence-corrected chi connectivity index (χ3v) is 2.61. The van der Waals surface area contributed by atoms with Crippen molar-refractivity contribution in [2.45, 2.75) is 58.3 Å². The number of ether oxygens (including phenoxy) is 2. The van der Waals surface area contributed by atoms with Crippen LogP contribution in [0.15, 0.2) is 4.99 Å². The van der Waals surface area contributed by atoms with Gasteiger partial charge in [0.25, 0.3) is 0 Å². The zero-order valence-electron chi connectivity index (χ0n) is 10.7. The molecule has 0 aromatic rings. The second-order valence-corrected chi connectivity index (χ2v) is 4.82. The van der Waals surface area contributed by atoms with Gasteiger partial charge in [-0.05, 0) is 33.6 Å². The van der Waals surface area contributed by atoms with Crippen LogP contribution in [0.4, 0.5) is 0 Å². The summed E-state index contributed by atoms with van der Waals surface area (Å²) < 4.78 is 11.2. The number of aliphatic imine (C=N–C) groups is 1. The summed E-state index contributed by atoms with van der Waals surface area (Å²) >= 11 is 0. The molecule has 0 saturated carbocycles. The summed E-state index contributed by atoms with van der Waals surface area (Å²) in [4.78, 5) is 4.16. The lowest BCUT2D eigenvalue weighted by atomic mass is 10.1. The van der Waals surface area contributed by atoms with Gasteiger partial charge in [0.15, 0.2) is 5.79 Å². The Kier molecular flexibility index (Phi) is 5.22. The van der Waals surface area contributed by atoms with Crippen LogP contribution in [0.5, 0.6) is 0 Å². The molecule has 16 heavy (non-hydrogen) atoms. The summed E-state index contributed by atoms with van der Waals surface area (Å²) in [5.41, 5.74) is 5.45. The van der Waals surface area contributed by atoms with Gasteiger partial charge in [0, 0.05) is 6.54 Å². The van der Waals surface area contributed by atoms with Crippen molar-refractivity contribution < 1.29 is 9.47 Å². The Morgan fingerprint density at radius 2 is 2.12 bits per heavy atom. The van der Waals surface area contributed by atoms with Crippen molar-refractivity contribution in [3.05, 3.63) is 0 Å². The topological polar surface area (TPSA) is 56.8 Å². The number of nitrogens with two attached hydrogens (primary N) is 1. The summed E-state index contributed by atoms with van der Waals surface area (Å²) in [6.07, 6.45) is 4.80. The van der Waals surface area contributed by atoms with E-state index in [9.17, 15) is 0 Å². The monoisotopic (exact) mass is 228 g/mol. The molecule has 0 spiro atoms. The highest BCUT2D eigenvalue weighted by Gasteiger charge is 2.31. The van der Waals surface area contributed by atoms with Crippen LogP contribution in [0.3, 0.4) is 0 Å². The van der Waals surface area contributed by atoms with Gasteiger partial charge in [-0.25, -0.2) is 0 Å². The van der Waals surface area contributed by atoms with Crippen molar-refractivity contribution in [2.75, 3.05) is 13.2 Å². The molecule has 1 aliphatic rings. The van der Waals surface area contributed by atoms with Gasteiger partial charge in [-0.1, -0.05) is 12.8 Å². The van der Waals surface area contributed by atoms with E-state index in [0.29, 0.717) is 5.84 Å². The Hall–Kier alpha value is -0.610. The van der Waals surface area contributed by atoms with Gasteiger partial charge < -0.3 is 15.2 Å². The lowest BCUT2D eigenvalue weighted by molar-refractivity contribution is -0.139. The third kappa shape index (κ3) is 5.47. The average Bonchev–Trinajstić information content (AvgIpc) is 2.51. The maximum atomic E-state index is 5.72. The fourth-order valence-corrected chi connectivity index (χ4v) is 1.82. The van der Waals surface area contributed by atoms with Gasteiger partial charge in [0.1, 0.15) is 0 Å². The minimum Gasteiger partial charge on any atom is -0.388 e. The van der Waals surface area contributed by atoms with E-state index in [-0.39, 0.29) is 11.9 Å². The quantitative estimate of drug-likeness (QED) is 0.430. The van der Waals surface area contributed by atoms with E-state index in [1.807, 2.05) is 20.8 Å². The van der Waals surface area contributed by atoms with Crippen molar-refractivity contribution in [1.82, 2.24) is 0 Å². The van der Waals surface area contributed by atoms with Crippen molar-refractivity contribution in [1.29, 1.82) is 0 Å². The van der Waals surface area contributed by atoms with Gasteiger partial charge >= 0.3 is 0 Å². The Balaban J connectivity index is 1.98. The second kappa shape index (κ2) is 6.21. The zero-order valence-corrected chi connectivity index (χ0v) is 10.7. The van der Waals surface area contributed by atoms with Crippen LogP contribution in [-0.2, 0) is 9.47 Å². The highest BCUT2D eigenvalue weighted by Crippen LogP contribution is 2.25. The Morgan fingerprint density at radius 1 is 1.38 bits per heavy atom. The molecule has 0 aliphatic carbocycles. The van der Waals surface area contributed by atoms with Crippen LogP contribution >= 0.6 is 0 Å². The summed E-state index contributed by atoms with van der Waals surface area (Å²) in [6, 6.07) is 0. The molecular formula is C12H24N2O2. The van der Waals surface area contributed by atoms with E-state index in [0.717, 1.165) is 26.0 Å². The number of rotatable bonds is 6. The maximum absolute atomic E-state index is 5.72. The van der Waals surface area contributed by atoms with E-state index in [4.69, 9.17) is 15.2 Å². The molecule has 0 radical (unpaired) electrons. The summed E-state index contributed by atoms with van der Waals surface area (Å²) in [7, 11) is 0. The number of hydrogen-bond donors (Lipinski definition) is 1. The van der Waals surface area contributed by atoms with Crippen LogP contribution in [0.1, 0.15) is 46.5 Å². The molecule has 4 nitrogen and oxygen atoms in total. The Morgan fingerprint density at radius 3 is 2.69 bits per heavy atom. The maximum Gasteiger partial charge on any atom is 0.163 e. The molecule has 0 bridgehead atoms. The van der Waals surface area contributed by atoms with Crippen LogP contribution in [-0.4, -0.2) is 30.9 Å². The summed E-state index contributed by atoms with van der Waals surface area (Å²) in [6.45, 7) is 7.33. The fourth-order valence-electron chi connectivity index (χ4n) is 1.82. The predicted molar refractivity (Wildman–Crippen MR) is 65.5 cm³/mol. The first-order valence-electron chi connectivity index (χ1n) is 6.08. The van der Waals surface area contributed by atoms with Crippen LogP contribution in [0.25, 0.3) is 0 Å². The van der Waals surface area contributed by atoms with E-state index in [2.05, 4.69) is 4.99 Å². The largest absolute Gasteiger partial charge is 0.388 e. The third-order valence-electron chi connectivity index (χ3n) is 2.61. The summed E-state index contributed by atoms with van der Waals surface area (Å²) in [5.74, 6) is 0.292. The van der Waals surface area contributed by atoms with E-state index < -0.39 is 0 Å². The number of nitrogens with zero attached hydrogens (tertiary/aromatic N) is 1. The standard InChI is InChI=1S/C12H24N2O2/c1-10(13)14-8-6-4-5-7-11-9-15-12(2,3)16-11/h11H,4-9H2,1-3H3,(H2,13,14). The lowest BCUT2D eigenvalue weighted by Crippen LogP contribution is -2.21. The molecule has 0 amide bonds. The zero-order chi connectivity index (χ0) is 12.0. The Labute approximate surface area is 98.2 Å². The van der Waals surface area contributed by atoms with Crippen molar-refractivity contribution in [3.8, 4) is 0 Å². The molecule has 4 heteroatoms. The van der Waals surface area contributed by atoms with E-state index >= 15 is 0 Å². The van der Waals surface area contributed by atoms with Gasteiger partial charge in [-0.3, -0.25) is 4.99 Å². The van der Waals surface area contributed by atoms with Crippen molar-refractivity contribution >= 4 is 5.84 Å². The molecule has 0 aromatic heterocycles. The molecule has 1 saturated heterocycles. The molecular weight excluding hydrogens is 204 g/mol. The lowest BCUT2D eigenvalue weighted by Gasteiger charge is -2.16. The first-order valence-corrected chi connectivity index (χ1v) is 6.08. The molecule has 1 fully saturated rings. The van der Waals surface area contributed by atoms with Crippen LogP contribution in [0.2, 0.25) is 0 Å². The van der Waals surface area contributed by atoms with Crippen LogP contribution in [0, 0.1) is 0 Å². The fraction of sp³-hybridized carbons (Fsp3) is 0.917.